The van der Waals surface area contributed by atoms with Gasteiger partial charge in [0.15, 0.2) is 0 Å². The van der Waals surface area contributed by atoms with Crippen LogP contribution in [-0.4, -0.2) is 61.4 Å². The first kappa shape index (κ1) is 44.3. The second-order valence-corrected chi connectivity index (χ2v) is 17.5. The van der Waals surface area contributed by atoms with E-state index in [1.807, 2.05) is 0 Å². The standard InChI is InChI=1S/C45H83NO5/c1-4-6-8-10-12-14-26-41(31-37-22-16-17-23-37)44(48)50-35-39-30-40(34-43(33-39)46(3)28-20-21-29-47)36-51-45(49)42(32-38-24-18-19-25-38)27-15-13-11-9-7-5-2/h37-43,47H,4-36H2,1-3H3/t39-,40+,41?,42?,43?. The third-order valence-electron chi connectivity index (χ3n) is 13.0. The molecular formula is C45H83NO5. The summed E-state index contributed by atoms with van der Waals surface area (Å²) in [4.78, 5) is 29.8. The van der Waals surface area contributed by atoms with E-state index in [1.165, 1.54) is 116 Å². The topological polar surface area (TPSA) is 76.1 Å². The lowest BCUT2D eigenvalue weighted by molar-refractivity contribution is -0.153. The maximum atomic E-state index is 13.7. The minimum Gasteiger partial charge on any atom is -0.465 e. The van der Waals surface area contributed by atoms with E-state index in [1.54, 1.807) is 0 Å². The van der Waals surface area contributed by atoms with Crippen LogP contribution in [0.15, 0.2) is 0 Å². The van der Waals surface area contributed by atoms with Gasteiger partial charge in [-0.05, 0) is 95.1 Å². The van der Waals surface area contributed by atoms with Gasteiger partial charge in [-0.1, -0.05) is 142 Å². The zero-order valence-electron chi connectivity index (χ0n) is 33.9. The van der Waals surface area contributed by atoms with Gasteiger partial charge < -0.3 is 19.5 Å². The highest BCUT2D eigenvalue weighted by atomic mass is 16.5. The second kappa shape index (κ2) is 27.4. The van der Waals surface area contributed by atoms with Gasteiger partial charge in [0.05, 0.1) is 25.0 Å². The van der Waals surface area contributed by atoms with Crippen molar-refractivity contribution < 1.29 is 24.2 Å². The number of carbonyl (C=O) groups is 2. The molecule has 1 N–H and O–H groups in total. The largest absolute Gasteiger partial charge is 0.465 e. The Labute approximate surface area is 315 Å². The molecule has 51 heavy (non-hydrogen) atoms. The Morgan fingerprint density at radius 2 is 1.02 bits per heavy atom. The first-order valence-electron chi connectivity index (χ1n) is 22.6. The van der Waals surface area contributed by atoms with Gasteiger partial charge in [-0.25, -0.2) is 0 Å². The van der Waals surface area contributed by atoms with Crippen molar-refractivity contribution in [3.8, 4) is 0 Å². The number of rotatable bonds is 29. The fourth-order valence-corrected chi connectivity index (χ4v) is 9.76. The Morgan fingerprint density at radius 1 is 0.588 bits per heavy atom. The summed E-state index contributed by atoms with van der Waals surface area (Å²) in [7, 11) is 2.20. The van der Waals surface area contributed by atoms with E-state index in [9.17, 15) is 14.7 Å². The smallest absolute Gasteiger partial charge is 0.308 e. The zero-order chi connectivity index (χ0) is 36.5. The van der Waals surface area contributed by atoms with Crippen LogP contribution in [-0.2, 0) is 19.1 Å². The van der Waals surface area contributed by atoms with Crippen molar-refractivity contribution in [3.05, 3.63) is 0 Å². The van der Waals surface area contributed by atoms with Crippen LogP contribution >= 0.6 is 0 Å². The minimum atomic E-state index is 0.0417. The number of aliphatic hydroxyl groups excluding tert-OH is 1. The Bertz CT molecular complexity index is 822. The molecule has 3 saturated carbocycles. The monoisotopic (exact) mass is 718 g/mol. The highest BCUT2D eigenvalue weighted by Crippen LogP contribution is 2.36. The van der Waals surface area contributed by atoms with Crippen LogP contribution in [0.2, 0.25) is 0 Å². The Hall–Kier alpha value is -1.14. The predicted octanol–water partition coefficient (Wildman–Crippen LogP) is 11.5. The molecule has 0 spiro atoms. The van der Waals surface area contributed by atoms with E-state index >= 15 is 0 Å². The molecule has 0 aliphatic heterocycles. The molecule has 0 radical (unpaired) electrons. The van der Waals surface area contributed by atoms with Crippen LogP contribution in [0.4, 0.5) is 0 Å². The van der Waals surface area contributed by atoms with Crippen LogP contribution in [0.3, 0.4) is 0 Å². The number of aliphatic hydroxyl groups is 1. The number of ether oxygens (including phenoxy) is 2. The lowest BCUT2D eigenvalue weighted by Gasteiger charge is -2.39. The van der Waals surface area contributed by atoms with Crippen LogP contribution < -0.4 is 0 Å². The molecule has 6 nitrogen and oxygen atoms in total. The van der Waals surface area contributed by atoms with E-state index in [2.05, 4.69) is 25.8 Å². The summed E-state index contributed by atoms with van der Waals surface area (Å²) in [6, 6.07) is 0.375. The molecular weight excluding hydrogens is 634 g/mol. The molecule has 3 aliphatic rings. The number of esters is 2. The van der Waals surface area contributed by atoms with E-state index < -0.39 is 0 Å². The number of hydrogen-bond donors (Lipinski definition) is 1. The molecule has 6 heteroatoms. The van der Waals surface area contributed by atoms with Gasteiger partial charge in [-0.3, -0.25) is 9.59 Å². The van der Waals surface area contributed by atoms with Crippen molar-refractivity contribution in [3.63, 3.8) is 0 Å². The van der Waals surface area contributed by atoms with E-state index in [0.717, 1.165) is 77.2 Å². The molecule has 0 aromatic carbocycles. The molecule has 0 saturated heterocycles. The summed E-state index contributed by atoms with van der Waals surface area (Å²) in [5.74, 6) is 2.12. The van der Waals surface area contributed by atoms with Crippen LogP contribution in [0.1, 0.15) is 200 Å². The number of hydrogen-bond acceptors (Lipinski definition) is 6. The summed E-state index contributed by atoms with van der Waals surface area (Å²) >= 11 is 0. The molecule has 0 aromatic heterocycles. The molecule has 0 aromatic rings. The zero-order valence-corrected chi connectivity index (χ0v) is 33.9. The quantitative estimate of drug-likeness (QED) is 0.0613. The van der Waals surface area contributed by atoms with Crippen molar-refractivity contribution >= 4 is 11.9 Å². The molecule has 3 unspecified atom stereocenters. The van der Waals surface area contributed by atoms with E-state index in [4.69, 9.17) is 9.47 Å². The molecule has 3 rings (SSSR count). The lowest BCUT2D eigenvalue weighted by Crippen LogP contribution is -2.42. The summed E-state index contributed by atoms with van der Waals surface area (Å²) in [6.45, 7) is 6.69. The predicted molar refractivity (Wildman–Crippen MR) is 212 cm³/mol. The van der Waals surface area contributed by atoms with Crippen LogP contribution in [0.25, 0.3) is 0 Å². The van der Waals surface area contributed by atoms with Gasteiger partial charge in [-0.2, -0.15) is 0 Å². The molecule has 0 bridgehead atoms. The highest BCUT2D eigenvalue weighted by Gasteiger charge is 2.34. The van der Waals surface area contributed by atoms with E-state index in [-0.39, 0.29) is 42.2 Å². The second-order valence-electron chi connectivity index (χ2n) is 17.5. The van der Waals surface area contributed by atoms with Crippen LogP contribution in [0, 0.1) is 35.5 Å². The van der Waals surface area contributed by atoms with Gasteiger partial charge in [0.1, 0.15) is 0 Å². The average Bonchev–Trinajstić information content (AvgIpc) is 3.86. The van der Waals surface area contributed by atoms with Crippen molar-refractivity contribution in [2.24, 2.45) is 35.5 Å². The Balaban J connectivity index is 1.57. The fourth-order valence-electron chi connectivity index (χ4n) is 9.76. The van der Waals surface area contributed by atoms with Gasteiger partial charge in [-0.15, -0.1) is 0 Å². The van der Waals surface area contributed by atoms with Gasteiger partial charge in [0.25, 0.3) is 0 Å². The maximum absolute atomic E-state index is 13.7. The molecule has 3 fully saturated rings. The molecule has 0 heterocycles. The average molecular weight is 718 g/mol. The highest BCUT2D eigenvalue weighted by molar-refractivity contribution is 5.72. The molecule has 0 amide bonds. The van der Waals surface area contributed by atoms with Gasteiger partial charge >= 0.3 is 11.9 Å². The number of carbonyl (C=O) groups excluding carboxylic acids is 2. The van der Waals surface area contributed by atoms with Gasteiger partial charge in [0.2, 0.25) is 0 Å². The maximum Gasteiger partial charge on any atom is 0.308 e. The van der Waals surface area contributed by atoms with Crippen molar-refractivity contribution in [2.45, 2.75) is 206 Å². The van der Waals surface area contributed by atoms with Gasteiger partial charge in [0, 0.05) is 12.6 Å². The lowest BCUT2D eigenvalue weighted by atomic mass is 9.78. The SMILES string of the molecule is CCCCCCCCC(CC1CCCC1)C(=O)OC[C@@H]1CC(N(C)CCCCO)C[C@H](COC(=O)C(CCCCCCCC)CC2CCCC2)C1. The van der Waals surface area contributed by atoms with Crippen LogP contribution in [0.5, 0.6) is 0 Å². The summed E-state index contributed by atoms with van der Waals surface area (Å²) in [5.41, 5.74) is 0. The third kappa shape index (κ3) is 18.6. The number of unbranched alkanes of at least 4 members (excludes halogenated alkanes) is 11. The third-order valence-corrected chi connectivity index (χ3v) is 13.0. The Morgan fingerprint density at radius 3 is 1.45 bits per heavy atom. The minimum absolute atomic E-state index is 0.0417. The van der Waals surface area contributed by atoms with Crippen molar-refractivity contribution in [2.75, 3.05) is 33.4 Å². The molecule has 5 atom stereocenters. The number of nitrogens with zero attached hydrogens (tertiary/aromatic N) is 1. The van der Waals surface area contributed by atoms with Crippen molar-refractivity contribution in [1.82, 2.24) is 4.90 Å². The van der Waals surface area contributed by atoms with Crippen molar-refractivity contribution in [1.29, 1.82) is 0 Å². The molecule has 3 aliphatic carbocycles. The molecule has 298 valence electrons. The normalized spacial score (nSPS) is 22.8. The fraction of sp³-hybridized carbons (Fsp3) is 0.956. The summed E-state index contributed by atoms with van der Waals surface area (Å²) < 4.78 is 12.5. The Kier molecular flexibility index (Phi) is 23.8. The first-order chi connectivity index (χ1) is 24.9. The summed E-state index contributed by atoms with van der Waals surface area (Å²) in [5, 5.41) is 9.38. The van der Waals surface area contributed by atoms with E-state index in [0.29, 0.717) is 31.1 Å². The first-order valence-corrected chi connectivity index (χ1v) is 22.6. The summed E-state index contributed by atoms with van der Waals surface area (Å²) in [6.07, 6.45) is 34.1.